The Morgan fingerprint density at radius 2 is 2.00 bits per heavy atom. The summed E-state index contributed by atoms with van der Waals surface area (Å²) in [5.74, 6) is 0.638. The molecule has 2 amide bonds. The van der Waals surface area contributed by atoms with Gasteiger partial charge in [-0.1, -0.05) is 23.7 Å². The molecule has 0 spiro atoms. The highest BCUT2D eigenvalue weighted by Gasteiger charge is 2.35. The minimum Gasteiger partial charge on any atom is -0.495 e. The maximum atomic E-state index is 12.5. The normalized spacial score (nSPS) is 15.1. The van der Waals surface area contributed by atoms with Crippen LogP contribution in [0.3, 0.4) is 0 Å². The van der Waals surface area contributed by atoms with Gasteiger partial charge in [-0.2, -0.15) is 4.98 Å². The van der Waals surface area contributed by atoms with E-state index >= 15 is 0 Å². The minimum absolute atomic E-state index is 0.0830. The number of fused-ring (bicyclic) bond motifs is 1. The van der Waals surface area contributed by atoms with Crippen molar-refractivity contribution in [1.82, 2.24) is 14.8 Å². The van der Waals surface area contributed by atoms with Crippen LogP contribution in [0.2, 0.25) is 5.02 Å². The van der Waals surface area contributed by atoms with Crippen molar-refractivity contribution in [3.63, 3.8) is 0 Å². The van der Waals surface area contributed by atoms with E-state index in [4.69, 9.17) is 16.3 Å². The molecule has 0 saturated carbocycles. The van der Waals surface area contributed by atoms with E-state index in [1.54, 1.807) is 48.5 Å². The van der Waals surface area contributed by atoms with Gasteiger partial charge in [0, 0.05) is 10.6 Å². The molecule has 1 aromatic heterocycles. The second-order valence-electron chi connectivity index (χ2n) is 6.17. The summed E-state index contributed by atoms with van der Waals surface area (Å²) in [7, 11) is 1.52. The molecule has 4 rings (SSSR count). The van der Waals surface area contributed by atoms with Crippen molar-refractivity contribution in [2.75, 3.05) is 17.7 Å². The number of para-hydroxylation sites is 2. The zero-order valence-corrected chi connectivity index (χ0v) is 15.6. The number of hydrogen-bond acceptors (Lipinski definition) is 5. The molecule has 9 heteroatoms. The van der Waals surface area contributed by atoms with Crippen molar-refractivity contribution in [2.24, 2.45) is 0 Å². The summed E-state index contributed by atoms with van der Waals surface area (Å²) in [6.07, 6.45) is -0.0830. The highest BCUT2D eigenvalue weighted by atomic mass is 35.5. The smallest absolute Gasteiger partial charge is 0.252 e. The standard InChI is InChI=1S/C19H16ClN5O3/c1-28-15-5-3-2-4-13(15)21-16(26)10-14-18(27)23-19-22-17(24-25(14)19)11-6-8-12(20)9-7-11/h2-9,14H,10H2,1H3,(H,21,26)(H,22,23,24,27). The van der Waals surface area contributed by atoms with Crippen LogP contribution in [0.4, 0.5) is 11.6 Å². The lowest BCUT2D eigenvalue weighted by molar-refractivity contribution is -0.123. The van der Waals surface area contributed by atoms with Crippen LogP contribution < -0.4 is 15.4 Å². The number of hydrogen-bond donors (Lipinski definition) is 2. The number of anilines is 2. The van der Waals surface area contributed by atoms with Crippen molar-refractivity contribution in [3.05, 3.63) is 53.6 Å². The average molecular weight is 398 g/mol. The lowest BCUT2D eigenvalue weighted by Gasteiger charge is -2.12. The maximum absolute atomic E-state index is 12.5. The third-order valence-corrected chi connectivity index (χ3v) is 4.58. The second kappa shape index (κ2) is 7.32. The highest BCUT2D eigenvalue weighted by molar-refractivity contribution is 6.30. The molecule has 1 unspecified atom stereocenters. The number of rotatable bonds is 5. The van der Waals surface area contributed by atoms with Crippen LogP contribution in [-0.4, -0.2) is 33.7 Å². The minimum atomic E-state index is -0.779. The van der Waals surface area contributed by atoms with Crippen LogP contribution in [0.5, 0.6) is 5.75 Å². The number of carbonyl (C=O) groups excluding carboxylic acids is 2. The Labute approximate surface area is 165 Å². The predicted molar refractivity (Wildman–Crippen MR) is 104 cm³/mol. The van der Waals surface area contributed by atoms with Gasteiger partial charge in [0.2, 0.25) is 11.9 Å². The average Bonchev–Trinajstić information content (AvgIpc) is 3.21. The predicted octanol–water partition coefficient (Wildman–Crippen LogP) is 3.13. The van der Waals surface area contributed by atoms with Crippen molar-refractivity contribution in [1.29, 1.82) is 0 Å². The summed E-state index contributed by atoms with van der Waals surface area (Å²) in [6.45, 7) is 0. The van der Waals surface area contributed by atoms with Gasteiger partial charge < -0.3 is 10.1 Å². The fourth-order valence-corrected chi connectivity index (χ4v) is 3.08. The molecule has 2 aromatic carbocycles. The Kier molecular flexibility index (Phi) is 4.70. The molecule has 1 atom stereocenters. The molecular weight excluding hydrogens is 382 g/mol. The number of nitrogens with zero attached hydrogens (tertiary/aromatic N) is 3. The number of carbonyl (C=O) groups is 2. The van der Waals surface area contributed by atoms with E-state index in [2.05, 4.69) is 20.7 Å². The Balaban J connectivity index is 1.52. The van der Waals surface area contributed by atoms with E-state index < -0.39 is 6.04 Å². The van der Waals surface area contributed by atoms with Crippen molar-refractivity contribution >= 4 is 35.1 Å². The van der Waals surface area contributed by atoms with Crippen molar-refractivity contribution in [3.8, 4) is 17.1 Å². The molecule has 28 heavy (non-hydrogen) atoms. The first-order valence-corrected chi connectivity index (χ1v) is 8.89. The quantitative estimate of drug-likeness (QED) is 0.689. The number of ether oxygens (including phenoxy) is 1. The van der Waals surface area contributed by atoms with Gasteiger partial charge in [0.15, 0.2) is 5.82 Å². The first-order valence-electron chi connectivity index (χ1n) is 8.51. The van der Waals surface area contributed by atoms with E-state index in [-0.39, 0.29) is 18.2 Å². The van der Waals surface area contributed by atoms with Crippen LogP contribution >= 0.6 is 11.6 Å². The van der Waals surface area contributed by atoms with Crippen LogP contribution in [0.15, 0.2) is 48.5 Å². The number of methoxy groups -OCH3 is 1. The number of halogens is 1. The summed E-state index contributed by atoms with van der Waals surface area (Å²) in [4.78, 5) is 29.1. The van der Waals surface area contributed by atoms with Gasteiger partial charge in [-0.25, -0.2) is 4.68 Å². The molecule has 0 aliphatic carbocycles. The molecule has 2 N–H and O–H groups in total. The summed E-state index contributed by atoms with van der Waals surface area (Å²) in [5.41, 5.74) is 1.30. The zero-order chi connectivity index (χ0) is 19.7. The largest absolute Gasteiger partial charge is 0.495 e. The summed E-state index contributed by atoms with van der Waals surface area (Å²) in [5, 5.41) is 10.4. The number of amides is 2. The first-order chi connectivity index (χ1) is 13.5. The van der Waals surface area contributed by atoms with E-state index in [0.717, 1.165) is 5.56 Å². The Bertz CT molecular complexity index is 1050. The third kappa shape index (κ3) is 3.41. The van der Waals surface area contributed by atoms with Gasteiger partial charge >= 0.3 is 0 Å². The maximum Gasteiger partial charge on any atom is 0.252 e. The molecule has 0 bridgehead atoms. The fraction of sp³-hybridized carbons (Fsp3) is 0.158. The lowest BCUT2D eigenvalue weighted by atomic mass is 10.2. The van der Waals surface area contributed by atoms with Crippen LogP contribution in [0, 0.1) is 0 Å². The Morgan fingerprint density at radius 3 is 2.75 bits per heavy atom. The van der Waals surface area contributed by atoms with Gasteiger partial charge in [0.25, 0.3) is 5.91 Å². The topological polar surface area (TPSA) is 98.1 Å². The number of nitrogens with one attached hydrogen (secondary N) is 2. The van der Waals surface area contributed by atoms with Gasteiger partial charge in [0.05, 0.1) is 19.2 Å². The van der Waals surface area contributed by atoms with Gasteiger partial charge in [-0.15, -0.1) is 5.10 Å². The highest BCUT2D eigenvalue weighted by Crippen LogP contribution is 2.30. The number of aromatic nitrogens is 3. The van der Waals surface area contributed by atoms with Crippen molar-refractivity contribution in [2.45, 2.75) is 12.5 Å². The zero-order valence-electron chi connectivity index (χ0n) is 14.8. The van der Waals surface area contributed by atoms with E-state index in [1.807, 2.05) is 0 Å². The summed E-state index contributed by atoms with van der Waals surface area (Å²) >= 11 is 5.91. The van der Waals surface area contributed by atoms with Crippen LogP contribution in [-0.2, 0) is 9.59 Å². The summed E-state index contributed by atoms with van der Waals surface area (Å²) in [6, 6.07) is 13.3. The molecule has 0 fully saturated rings. The van der Waals surface area contributed by atoms with E-state index in [1.165, 1.54) is 11.8 Å². The first kappa shape index (κ1) is 18.0. The fourth-order valence-electron chi connectivity index (χ4n) is 2.96. The molecule has 8 nitrogen and oxygen atoms in total. The second-order valence-corrected chi connectivity index (χ2v) is 6.60. The van der Waals surface area contributed by atoms with E-state index in [9.17, 15) is 9.59 Å². The van der Waals surface area contributed by atoms with Gasteiger partial charge in [-0.3, -0.25) is 14.9 Å². The van der Waals surface area contributed by atoms with Crippen LogP contribution in [0.1, 0.15) is 12.5 Å². The van der Waals surface area contributed by atoms with E-state index in [0.29, 0.717) is 28.2 Å². The summed E-state index contributed by atoms with van der Waals surface area (Å²) < 4.78 is 6.66. The monoisotopic (exact) mass is 397 g/mol. The molecule has 3 aromatic rings. The lowest BCUT2D eigenvalue weighted by Crippen LogP contribution is -2.24. The van der Waals surface area contributed by atoms with Crippen molar-refractivity contribution < 1.29 is 14.3 Å². The molecule has 0 radical (unpaired) electrons. The van der Waals surface area contributed by atoms with Gasteiger partial charge in [-0.05, 0) is 36.4 Å². The molecule has 1 aliphatic rings. The van der Waals surface area contributed by atoms with Gasteiger partial charge in [0.1, 0.15) is 11.8 Å². The molecule has 0 saturated heterocycles. The Hall–Kier alpha value is -3.39. The molecular formula is C19H16ClN5O3. The molecule has 1 aliphatic heterocycles. The molecule has 2 heterocycles. The van der Waals surface area contributed by atoms with Crippen LogP contribution in [0.25, 0.3) is 11.4 Å². The molecule has 142 valence electrons. The number of benzene rings is 2. The third-order valence-electron chi connectivity index (χ3n) is 4.33. The Morgan fingerprint density at radius 1 is 1.25 bits per heavy atom. The SMILES string of the molecule is COc1ccccc1NC(=O)CC1C(=O)Nc2nc(-c3ccc(Cl)cc3)nn21.